The Labute approximate surface area is 134 Å². The van der Waals surface area contributed by atoms with Crippen molar-refractivity contribution in [2.45, 2.75) is 18.4 Å². The maximum Gasteiger partial charge on any atom is 0.573 e. The highest BCUT2D eigenvalue weighted by Gasteiger charge is 2.30. The van der Waals surface area contributed by atoms with E-state index in [1.165, 1.54) is 23.9 Å². The van der Waals surface area contributed by atoms with Crippen LogP contribution in [0.3, 0.4) is 0 Å². The summed E-state index contributed by atoms with van der Waals surface area (Å²) in [5.41, 5.74) is 0.374. The van der Waals surface area contributed by atoms with E-state index in [0.717, 1.165) is 18.0 Å². The molecule has 0 radical (unpaired) electrons. The van der Waals surface area contributed by atoms with E-state index in [1.54, 1.807) is 18.5 Å². The summed E-state index contributed by atoms with van der Waals surface area (Å²) in [7, 11) is 1.79. The number of aromatic nitrogens is 3. The van der Waals surface area contributed by atoms with Crippen LogP contribution in [0.5, 0.6) is 5.75 Å². The fourth-order valence-electron chi connectivity index (χ4n) is 1.58. The molecule has 2 aromatic rings. The Bertz CT molecular complexity index is 686. The van der Waals surface area contributed by atoms with Gasteiger partial charge in [0.2, 0.25) is 5.91 Å². The van der Waals surface area contributed by atoms with Gasteiger partial charge in [-0.25, -0.2) is 0 Å². The number of aryl methyl sites for hydroxylation is 1. The van der Waals surface area contributed by atoms with Gasteiger partial charge < -0.3 is 14.6 Å². The van der Waals surface area contributed by atoms with Crippen molar-refractivity contribution in [3.05, 3.63) is 30.1 Å². The van der Waals surface area contributed by atoms with E-state index in [1.807, 2.05) is 0 Å². The van der Waals surface area contributed by atoms with Gasteiger partial charge >= 0.3 is 6.36 Å². The summed E-state index contributed by atoms with van der Waals surface area (Å²) >= 11 is 1.21. The fraction of sp³-hybridized carbons (Fsp3) is 0.308. The molecule has 2 rings (SSSR count). The van der Waals surface area contributed by atoms with Gasteiger partial charge in [-0.3, -0.25) is 4.79 Å². The van der Waals surface area contributed by atoms with Crippen molar-refractivity contribution in [2.24, 2.45) is 7.05 Å². The molecule has 10 heteroatoms. The molecule has 23 heavy (non-hydrogen) atoms. The van der Waals surface area contributed by atoms with Gasteiger partial charge in [-0.15, -0.1) is 23.4 Å². The Hall–Kier alpha value is -2.23. The van der Waals surface area contributed by atoms with Crippen molar-refractivity contribution in [1.29, 1.82) is 0 Å². The average Bonchev–Trinajstić information content (AvgIpc) is 2.77. The van der Waals surface area contributed by atoms with Crippen LogP contribution >= 0.6 is 11.8 Å². The van der Waals surface area contributed by atoms with Crippen LogP contribution in [-0.2, 0) is 11.8 Å². The summed E-state index contributed by atoms with van der Waals surface area (Å²) in [5.74, 6) is 0.181. The summed E-state index contributed by atoms with van der Waals surface area (Å²) in [5, 5.41) is 11.0. The first-order valence-electron chi connectivity index (χ1n) is 6.39. The fourth-order valence-corrected chi connectivity index (χ4v) is 2.34. The summed E-state index contributed by atoms with van der Waals surface area (Å²) in [4.78, 5) is 11.8. The van der Waals surface area contributed by atoms with Gasteiger partial charge in [0.05, 0.1) is 5.75 Å². The molecule has 0 aliphatic rings. The molecule has 0 spiro atoms. The number of hydrogen-bond donors (Lipinski definition) is 1. The highest BCUT2D eigenvalue weighted by Crippen LogP contribution is 2.24. The molecule has 0 aliphatic heterocycles. The summed E-state index contributed by atoms with van der Waals surface area (Å²) in [6.07, 6.45) is -4.74. The molecule has 0 atom stereocenters. The Morgan fingerprint density at radius 2 is 1.96 bits per heavy atom. The van der Waals surface area contributed by atoms with Crippen molar-refractivity contribution in [3.8, 4) is 5.75 Å². The smallest absolute Gasteiger partial charge is 0.406 e. The molecule has 1 heterocycles. The standard InChI is InChI=1S/C13H13F3N4O2S/c1-8-18-19-12(20(8)2)23-7-11(21)17-9-3-5-10(6-4-9)22-13(14,15)16/h3-6H,7H2,1-2H3,(H,17,21). The van der Waals surface area contributed by atoms with Crippen molar-refractivity contribution >= 4 is 23.4 Å². The lowest BCUT2D eigenvalue weighted by Crippen LogP contribution is -2.17. The first kappa shape index (κ1) is 17.1. The number of halogens is 3. The maximum atomic E-state index is 12.0. The van der Waals surface area contributed by atoms with E-state index in [4.69, 9.17) is 0 Å². The van der Waals surface area contributed by atoms with Crippen LogP contribution in [0, 0.1) is 6.92 Å². The zero-order chi connectivity index (χ0) is 17.0. The molecule has 0 aliphatic carbocycles. The lowest BCUT2D eigenvalue weighted by Gasteiger charge is -2.09. The SMILES string of the molecule is Cc1nnc(SCC(=O)Nc2ccc(OC(F)(F)F)cc2)n1C. The largest absolute Gasteiger partial charge is 0.573 e. The van der Waals surface area contributed by atoms with Crippen LogP contribution in [0.25, 0.3) is 0 Å². The third-order valence-electron chi connectivity index (χ3n) is 2.76. The van der Waals surface area contributed by atoms with Crippen molar-refractivity contribution in [3.63, 3.8) is 0 Å². The van der Waals surface area contributed by atoms with E-state index < -0.39 is 6.36 Å². The minimum atomic E-state index is -4.74. The van der Waals surface area contributed by atoms with E-state index in [2.05, 4.69) is 20.3 Å². The normalized spacial score (nSPS) is 11.3. The van der Waals surface area contributed by atoms with E-state index in [0.29, 0.717) is 10.8 Å². The number of carbonyl (C=O) groups is 1. The third-order valence-corrected chi connectivity index (χ3v) is 3.78. The average molecular weight is 346 g/mol. The van der Waals surface area contributed by atoms with Gasteiger partial charge in [0.25, 0.3) is 0 Å². The molecular formula is C13H13F3N4O2S. The first-order chi connectivity index (χ1) is 10.7. The molecule has 1 amide bonds. The number of nitrogens with zero attached hydrogens (tertiary/aromatic N) is 3. The monoisotopic (exact) mass is 346 g/mol. The van der Waals surface area contributed by atoms with Crippen molar-refractivity contribution in [2.75, 3.05) is 11.1 Å². The van der Waals surface area contributed by atoms with E-state index >= 15 is 0 Å². The maximum absolute atomic E-state index is 12.0. The molecular weight excluding hydrogens is 333 g/mol. The second-order valence-electron chi connectivity index (χ2n) is 4.50. The molecule has 1 N–H and O–H groups in total. The zero-order valence-electron chi connectivity index (χ0n) is 12.2. The number of nitrogens with one attached hydrogen (secondary N) is 1. The number of rotatable bonds is 5. The number of benzene rings is 1. The lowest BCUT2D eigenvalue weighted by atomic mass is 10.3. The Morgan fingerprint density at radius 3 is 2.48 bits per heavy atom. The quantitative estimate of drug-likeness (QED) is 0.843. The number of amides is 1. The number of thioether (sulfide) groups is 1. The van der Waals surface area contributed by atoms with Crippen LogP contribution in [0.1, 0.15) is 5.82 Å². The molecule has 0 unspecified atom stereocenters. The van der Waals surface area contributed by atoms with Crippen LogP contribution in [-0.4, -0.2) is 32.8 Å². The Balaban J connectivity index is 1.86. The minimum absolute atomic E-state index is 0.104. The minimum Gasteiger partial charge on any atom is -0.406 e. The molecule has 6 nitrogen and oxygen atoms in total. The number of ether oxygens (including phenoxy) is 1. The van der Waals surface area contributed by atoms with Crippen LogP contribution in [0.15, 0.2) is 29.4 Å². The molecule has 0 saturated carbocycles. The number of alkyl halides is 3. The first-order valence-corrected chi connectivity index (χ1v) is 7.37. The zero-order valence-corrected chi connectivity index (χ0v) is 13.0. The second kappa shape index (κ2) is 6.90. The van der Waals surface area contributed by atoms with E-state index in [9.17, 15) is 18.0 Å². The number of carbonyl (C=O) groups excluding carboxylic acids is 1. The van der Waals surface area contributed by atoms with Gasteiger partial charge in [0.1, 0.15) is 11.6 Å². The predicted molar refractivity (Wildman–Crippen MR) is 78.2 cm³/mol. The molecule has 1 aromatic heterocycles. The molecule has 1 aromatic carbocycles. The number of hydrogen-bond acceptors (Lipinski definition) is 5. The molecule has 0 fully saturated rings. The van der Waals surface area contributed by atoms with Gasteiger partial charge in [-0.2, -0.15) is 0 Å². The number of anilines is 1. The van der Waals surface area contributed by atoms with Gasteiger partial charge in [-0.05, 0) is 31.2 Å². The Morgan fingerprint density at radius 1 is 1.30 bits per heavy atom. The van der Waals surface area contributed by atoms with E-state index in [-0.39, 0.29) is 17.4 Å². The lowest BCUT2D eigenvalue weighted by molar-refractivity contribution is -0.274. The van der Waals surface area contributed by atoms with Gasteiger partial charge in [0, 0.05) is 12.7 Å². The topological polar surface area (TPSA) is 69.0 Å². The van der Waals surface area contributed by atoms with Crippen LogP contribution in [0.4, 0.5) is 18.9 Å². The predicted octanol–water partition coefficient (Wildman–Crippen LogP) is 2.75. The summed E-state index contributed by atoms with van der Waals surface area (Å²) < 4.78 is 41.6. The highest BCUT2D eigenvalue weighted by atomic mass is 32.2. The summed E-state index contributed by atoms with van der Waals surface area (Å²) in [6, 6.07) is 4.91. The van der Waals surface area contributed by atoms with Crippen LogP contribution in [0.2, 0.25) is 0 Å². The molecule has 0 saturated heterocycles. The Kier molecular flexibility index (Phi) is 5.14. The molecule has 124 valence electrons. The molecule has 0 bridgehead atoms. The van der Waals surface area contributed by atoms with Crippen molar-refractivity contribution < 1.29 is 22.7 Å². The van der Waals surface area contributed by atoms with Crippen molar-refractivity contribution in [1.82, 2.24) is 14.8 Å². The van der Waals surface area contributed by atoms with Gasteiger partial charge in [0.15, 0.2) is 5.16 Å². The van der Waals surface area contributed by atoms with Crippen LogP contribution < -0.4 is 10.1 Å². The second-order valence-corrected chi connectivity index (χ2v) is 5.44. The third kappa shape index (κ3) is 5.16. The van der Waals surface area contributed by atoms with Gasteiger partial charge in [-0.1, -0.05) is 11.8 Å². The summed E-state index contributed by atoms with van der Waals surface area (Å²) in [6.45, 7) is 1.79. The highest BCUT2D eigenvalue weighted by molar-refractivity contribution is 7.99.